The van der Waals surface area contributed by atoms with Gasteiger partial charge in [0.05, 0.1) is 6.04 Å². The highest BCUT2D eigenvalue weighted by atomic mass is 19.1. The summed E-state index contributed by atoms with van der Waals surface area (Å²) in [5, 5.41) is 2.97. The number of rotatable bonds is 5. The summed E-state index contributed by atoms with van der Waals surface area (Å²) in [7, 11) is 3.86. The molecule has 3 unspecified atom stereocenters. The van der Waals surface area contributed by atoms with Crippen LogP contribution in [0.15, 0.2) is 24.3 Å². The summed E-state index contributed by atoms with van der Waals surface area (Å²) >= 11 is 0. The summed E-state index contributed by atoms with van der Waals surface area (Å²) < 4.78 is 13.3. The molecule has 0 saturated heterocycles. The molecule has 1 fully saturated rings. The van der Waals surface area contributed by atoms with Crippen LogP contribution in [0.4, 0.5) is 4.39 Å². The van der Waals surface area contributed by atoms with Gasteiger partial charge < -0.3 is 10.2 Å². The second-order valence-electron chi connectivity index (χ2n) is 5.60. The summed E-state index contributed by atoms with van der Waals surface area (Å²) in [5.41, 5.74) is 0.883. The van der Waals surface area contributed by atoms with Gasteiger partial charge >= 0.3 is 0 Å². The molecule has 0 bridgehead atoms. The van der Waals surface area contributed by atoms with E-state index in [-0.39, 0.29) is 23.7 Å². The number of carbonyl (C=O) groups excluding carboxylic acids is 1. The monoisotopic (exact) mass is 264 g/mol. The van der Waals surface area contributed by atoms with Gasteiger partial charge in [0.1, 0.15) is 5.82 Å². The van der Waals surface area contributed by atoms with Gasteiger partial charge in [0.15, 0.2) is 0 Å². The van der Waals surface area contributed by atoms with Crippen LogP contribution >= 0.6 is 0 Å². The van der Waals surface area contributed by atoms with Gasteiger partial charge in [-0.3, -0.25) is 4.79 Å². The number of hydrogen-bond donors (Lipinski definition) is 1. The molecule has 1 aromatic carbocycles. The molecule has 1 aliphatic carbocycles. The number of nitrogens with zero attached hydrogens (tertiary/aromatic N) is 1. The van der Waals surface area contributed by atoms with Crippen molar-refractivity contribution in [1.82, 2.24) is 10.2 Å². The highest BCUT2D eigenvalue weighted by Crippen LogP contribution is 2.37. The molecule has 1 N–H and O–H groups in total. The quantitative estimate of drug-likeness (QED) is 0.884. The smallest absolute Gasteiger partial charge is 0.223 e. The summed E-state index contributed by atoms with van der Waals surface area (Å²) in [6.45, 7) is 2.60. The lowest BCUT2D eigenvalue weighted by atomic mass is 10.1. The minimum atomic E-state index is -0.244. The van der Waals surface area contributed by atoms with Crippen molar-refractivity contribution < 1.29 is 9.18 Å². The van der Waals surface area contributed by atoms with Crippen LogP contribution in [0.2, 0.25) is 0 Å². The predicted octanol–water partition coefficient (Wildman–Crippen LogP) is 2.20. The number of amides is 1. The van der Waals surface area contributed by atoms with Gasteiger partial charge in [-0.15, -0.1) is 0 Å². The van der Waals surface area contributed by atoms with Gasteiger partial charge in [-0.2, -0.15) is 0 Å². The Kier molecular flexibility index (Phi) is 4.20. The molecular formula is C15H21FN2O. The highest BCUT2D eigenvalue weighted by Gasteiger charge is 2.39. The molecule has 1 saturated carbocycles. The van der Waals surface area contributed by atoms with Crippen LogP contribution in [-0.4, -0.2) is 31.4 Å². The first-order chi connectivity index (χ1) is 8.99. The molecule has 0 aromatic heterocycles. The zero-order chi connectivity index (χ0) is 14.0. The molecule has 19 heavy (non-hydrogen) atoms. The van der Waals surface area contributed by atoms with E-state index in [9.17, 15) is 9.18 Å². The fraction of sp³-hybridized carbons (Fsp3) is 0.533. The molecule has 0 spiro atoms. The van der Waals surface area contributed by atoms with Crippen LogP contribution in [0.5, 0.6) is 0 Å². The third-order valence-corrected chi connectivity index (χ3v) is 3.77. The molecule has 0 radical (unpaired) electrons. The van der Waals surface area contributed by atoms with Gasteiger partial charge in [0.25, 0.3) is 0 Å². The van der Waals surface area contributed by atoms with E-state index in [0.717, 1.165) is 12.0 Å². The molecule has 0 heterocycles. The van der Waals surface area contributed by atoms with E-state index in [1.54, 1.807) is 6.07 Å². The Balaban J connectivity index is 1.98. The van der Waals surface area contributed by atoms with Crippen molar-refractivity contribution in [2.24, 2.45) is 11.8 Å². The number of carbonyl (C=O) groups is 1. The van der Waals surface area contributed by atoms with Gasteiger partial charge in [0, 0.05) is 12.5 Å². The fourth-order valence-electron chi connectivity index (χ4n) is 2.33. The molecule has 3 atom stereocenters. The zero-order valence-electron chi connectivity index (χ0n) is 11.7. The average molecular weight is 264 g/mol. The van der Waals surface area contributed by atoms with E-state index in [4.69, 9.17) is 0 Å². The summed E-state index contributed by atoms with van der Waals surface area (Å²) in [6.07, 6.45) is 0.985. The van der Waals surface area contributed by atoms with Gasteiger partial charge in [-0.1, -0.05) is 19.1 Å². The van der Waals surface area contributed by atoms with Crippen molar-refractivity contribution in [2.45, 2.75) is 19.4 Å². The number of likely N-dealkylation sites (N-methyl/N-ethyl adjacent to an activating group) is 1. The van der Waals surface area contributed by atoms with Crippen LogP contribution in [0.1, 0.15) is 24.9 Å². The molecule has 3 nitrogen and oxygen atoms in total. The Morgan fingerprint density at radius 3 is 2.74 bits per heavy atom. The van der Waals surface area contributed by atoms with Crippen LogP contribution in [0, 0.1) is 17.7 Å². The van der Waals surface area contributed by atoms with Crippen molar-refractivity contribution in [3.63, 3.8) is 0 Å². The van der Waals surface area contributed by atoms with Gasteiger partial charge in [-0.05, 0) is 44.1 Å². The van der Waals surface area contributed by atoms with Crippen LogP contribution < -0.4 is 5.32 Å². The van der Waals surface area contributed by atoms with Crippen LogP contribution in [-0.2, 0) is 4.79 Å². The first-order valence-electron chi connectivity index (χ1n) is 6.68. The van der Waals surface area contributed by atoms with E-state index >= 15 is 0 Å². The van der Waals surface area contributed by atoms with Crippen molar-refractivity contribution in [2.75, 3.05) is 20.6 Å². The number of hydrogen-bond acceptors (Lipinski definition) is 2. The maximum atomic E-state index is 13.3. The molecule has 2 rings (SSSR count). The molecule has 104 valence electrons. The fourth-order valence-corrected chi connectivity index (χ4v) is 2.33. The molecule has 0 aliphatic heterocycles. The number of benzene rings is 1. The average Bonchev–Trinajstić information content (AvgIpc) is 3.06. The molecule has 1 amide bonds. The minimum Gasteiger partial charge on any atom is -0.354 e. The summed E-state index contributed by atoms with van der Waals surface area (Å²) in [4.78, 5) is 13.8. The zero-order valence-corrected chi connectivity index (χ0v) is 11.7. The standard InChI is InChI=1S/C15H21FN2O/c1-10-7-13(10)15(19)17-9-14(18(2)3)11-5-4-6-12(16)8-11/h4-6,8,10,13-14H,7,9H2,1-3H3,(H,17,19). The summed E-state index contributed by atoms with van der Waals surface area (Å²) in [6, 6.07) is 6.54. The van der Waals surface area contributed by atoms with Crippen molar-refractivity contribution >= 4 is 5.91 Å². The Morgan fingerprint density at radius 1 is 1.53 bits per heavy atom. The lowest BCUT2D eigenvalue weighted by Gasteiger charge is -2.25. The van der Waals surface area contributed by atoms with Gasteiger partial charge in [-0.25, -0.2) is 4.39 Å². The Morgan fingerprint density at radius 2 is 2.21 bits per heavy atom. The van der Waals surface area contributed by atoms with E-state index in [1.165, 1.54) is 12.1 Å². The lowest BCUT2D eigenvalue weighted by Crippen LogP contribution is -2.35. The largest absolute Gasteiger partial charge is 0.354 e. The number of nitrogens with one attached hydrogen (secondary N) is 1. The minimum absolute atomic E-state index is 0.00583. The summed E-state index contributed by atoms with van der Waals surface area (Å²) in [5.74, 6) is 0.560. The first-order valence-corrected chi connectivity index (χ1v) is 6.68. The normalized spacial score (nSPS) is 23.2. The Bertz CT molecular complexity index is 461. The first kappa shape index (κ1) is 14.0. The molecule has 4 heteroatoms. The maximum Gasteiger partial charge on any atom is 0.223 e. The van der Waals surface area contributed by atoms with Crippen molar-refractivity contribution in [3.8, 4) is 0 Å². The third-order valence-electron chi connectivity index (χ3n) is 3.77. The van der Waals surface area contributed by atoms with Crippen molar-refractivity contribution in [1.29, 1.82) is 0 Å². The second-order valence-corrected chi connectivity index (χ2v) is 5.60. The number of halogens is 1. The maximum absolute atomic E-state index is 13.3. The Hall–Kier alpha value is -1.42. The third kappa shape index (κ3) is 3.53. The molecular weight excluding hydrogens is 243 g/mol. The lowest BCUT2D eigenvalue weighted by molar-refractivity contribution is -0.122. The Labute approximate surface area is 113 Å². The van der Waals surface area contributed by atoms with Gasteiger partial charge in [0.2, 0.25) is 5.91 Å². The second kappa shape index (κ2) is 5.70. The van der Waals surface area contributed by atoms with E-state index in [0.29, 0.717) is 12.5 Å². The van der Waals surface area contributed by atoms with E-state index in [1.807, 2.05) is 25.1 Å². The highest BCUT2D eigenvalue weighted by molar-refractivity contribution is 5.81. The van der Waals surface area contributed by atoms with Crippen molar-refractivity contribution in [3.05, 3.63) is 35.6 Å². The van der Waals surface area contributed by atoms with E-state index < -0.39 is 0 Å². The topological polar surface area (TPSA) is 32.3 Å². The van der Waals surface area contributed by atoms with Crippen LogP contribution in [0.3, 0.4) is 0 Å². The SMILES string of the molecule is CC1CC1C(=O)NCC(c1cccc(F)c1)N(C)C. The molecule has 1 aliphatic rings. The predicted molar refractivity (Wildman–Crippen MR) is 73.1 cm³/mol. The molecule has 1 aromatic rings. The van der Waals surface area contributed by atoms with E-state index in [2.05, 4.69) is 12.2 Å². The van der Waals surface area contributed by atoms with Crippen LogP contribution in [0.25, 0.3) is 0 Å².